The second-order valence-corrected chi connectivity index (χ2v) is 6.24. The fraction of sp³-hybridized carbons (Fsp3) is 0.588. The van der Waals surface area contributed by atoms with Crippen molar-refractivity contribution in [2.24, 2.45) is 5.92 Å². The standard InChI is InChI=1S/C17H26O3/c1-6-14(16(19)20-17(3,4)5)15(18)12(2)13-10-8-7-9-11-13/h7-12,14-15,18H,6H2,1-5H3/t12-,14+,15+/m0/s1. The number of aliphatic hydroxyl groups is 1. The number of carbonyl (C=O) groups is 1. The van der Waals surface area contributed by atoms with Crippen molar-refractivity contribution >= 4 is 5.97 Å². The van der Waals surface area contributed by atoms with E-state index in [4.69, 9.17) is 4.74 Å². The third-order valence-electron chi connectivity index (χ3n) is 3.40. The van der Waals surface area contributed by atoms with Crippen molar-refractivity contribution < 1.29 is 14.6 Å². The summed E-state index contributed by atoms with van der Waals surface area (Å²) in [5.74, 6) is -0.923. The van der Waals surface area contributed by atoms with E-state index < -0.39 is 17.6 Å². The normalized spacial score (nSPS) is 16.3. The zero-order valence-electron chi connectivity index (χ0n) is 13.1. The topological polar surface area (TPSA) is 46.5 Å². The highest BCUT2D eigenvalue weighted by Crippen LogP contribution is 2.27. The summed E-state index contributed by atoms with van der Waals surface area (Å²) < 4.78 is 5.40. The molecule has 1 aromatic rings. The molecule has 0 amide bonds. The van der Waals surface area contributed by atoms with Crippen molar-refractivity contribution in [3.63, 3.8) is 0 Å². The zero-order valence-corrected chi connectivity index (χ0v) is 13.1. The predicted octanol–water partition coefficient (Wildman–Crippen LogP) is 3.52. The van der Waals surface area contributed by atoms with Gasteiger partial charge in [-0.3, -0.25) is 4.79 Å². The van der Waals surface area contributed by atoms with Gasteiger partial charge in [0.1, 0.15) is 5.60 Å². The first kappa shape index (κ1) is 16.7. The lowest BCUT2D eigenvalue weighted by Crippen LogP contribution is -2.37. The summed E-state index contributed by atoms with van der Waals surface area (Å²) in [5, 5.41) is 10.5. The minimum atomic E-state index is -0.739. The molecule has 0 radical (unpaired) electrons. The maximum atomic E-state index is 12.2. The van der Waals surface area contributed by atoms with E-state index in [0.29, 0.717) is 6.42 Å². The number of hydrogen-bond donors (Lipinski definition) is 1. The van der Waals surface area contributed by atoms with Crippen molar-refractivity contribution in [1.29, 1.82) is 0 Å². The van der Waals surface area contributed by atoms with Gasteiger partial charge in [0.2, 0.25) is 0 Å². The average molecular weight is 278 g/mol. The molecule has 0 heterocycles. The molecule has 0 fully saturated rings. The maximum Gasteiger partial charge on any atom is 0.312 e. The second-order valence-electron chi connectivity index (χ2n) is 6.24. The van der Waals surface area contributed by atoms with Crippen LogP contribution < -0.4 is 0 Å². The summed E-state index contributed by atoms with van der Waals surface area (Å²) in [6.45, 7) is 9.35. The van der Waals surface area contributed by atoms with Crippen LogP contribution in [-0.4, -0.2) is 22.8 Å². The van der Waals surface area contributed by atoms with Crippen LogP contribution in [0.3, 0.4) is 0 Å². The molecule has 0 aliphatic carbocycles. The molecule has 0 aromatic heterocycles. The number of rotatable bonds is 5. The lowest BCUT2D eigenvalue weighted by atomic mass is 9.85. The van der Waals surface area contributed by atoms with Gasteiger partial charge < -0.3 is 9.84 Å². The van der Waals surface area contributed by atoms with E-state index in [0.717, 1.165) is 5.56 Å². The van der Waals surface area contributed by atoms with E-state index in [-0.39, 0.29) is 11.9 Å². The number of aliphatic hydroxyl groups excluding tert-OH is 1. The Hall–Kier alpha value is -1.35. The second kappa shape index (κ2) is 6.89. The lowest BCUT2D eigenvalue weighted by Gasteiger charge is -2.29. The van der Waals surface area contributed by atoms with Crippen LogP contribution in [0, 0.1) is 5.92 Å². The largest absolute Gasteiger partial charge is 0.460 e. The molecule has 1 aromatic carbocycles. The van der Waals surface area contributed by atoms with E-state index in [1.54, 1.807) is 0 Å². The summed E-state index contributed by atoms with van der Waals surface area (Å²) in [4.78, 5) is 12.2. The first-order valence-corrected chi connectivity index (χ1v) is 7.22. The van der Waals surface area contributed by atoms with Gasteiger partial charge in [-0.05, 0) is 32.8 Å². The van der Waals surface area contributed by atoms with Crippen molar-refractivity contribution in [3.05, 3.63) is 35.9 Å². The Morgan fingerprint density at radius 2 is 1.80 bits per heavy atom. The lowest BCUT2D eigenvalue weighted by molar-refractivity contribution is -0.164. The smallest absolute Gasteiger partial charge is 0.312 e. The molecule has 1 rings (SSSR count). The van der Waals surface area contributed by atoms with Crippen LogP contribution in [0.1, 0.15) is 52.5 Å². The molecule has 0 aliphatic heterocycles. The molecule has 0 saturated carbocycles. The average Bonchev–Trinajstić information content (AvgIpc) is 2.37. The highest BCUT2D eigenvalue weighted by atomic mass is 16.6. The van der Waals surface area contributed by atoms with Crippen LogP contribution in [-0.2, 0) is 9.53 Å². The minimum Gasteiger partial charge on any atom is -0.460 e. The quantitative estimate of drug-likeness (QED) is 0.838. The van der Waals surface area contributed by atoms with Gasteiger partial charge in [0.05, 0.1) is 12.0 Å². The highest BCUT2D eigenvalue weighted by molar-refractivity contribution is 5.73. The van der Waals surface area contributed by atoms with Crippen molar-refractivity contribution in [1.82, 2.24) is 0 Å². The number of benzene rings is 1. The number of carbonyl (C=O) groups excluding carboxylic acids is 1. The van der Waals surface area contributed by atoms with Crippen LogP contribution in [0.5, 0.6) is 0 Å². The van der Waals surface area contributed by atoms with Crippen molar-refractivity contribution in [2.75, 3.05) is 0 Å². The summed E-state index contributed by atoms with van der Waals surface area (Å²) in [6, 6.07) is 9.75. The molecule has 0 saturated heterocycles. The Morgan fingerprint density at radius 1 is 1.25 bits per heavy atom. The SMILES string of the molecule is CC[C@@H](C(=O)OC(C)(C)C)[C@H](O)[C@@H](C)c1ccccc1. The third kappa shape index (κ3) is 4.64. The minimum absolute atomic E-state index is 0.103. The van der Waals surface area contributed by atoms with Gasteiger partial charge >= 0.3 is 5.97 Å². The molecule has 112 valence electrons. The van der Waals surface area contributed by atoms with E-state index >= 15 is 0 Å². The highest BCUT2D eigenvalue weighted by Gasteiger charge is 2.33. The summed E-state index contributed by atoms with van der Waals surface area (Å²) in [5.41, 5.74) is 0.502. The van der Waals surface area contributed by atoms with Crippen molar-refractivity contribution in [3.8, 4) is 0 Å². The van der Waals surface area contributed by atoms with Crippen LogP contribution in [0.15, 0.2) is 30.3 Å². The van der Waals surface area contributed by atoms with Gasteiger partial charge in [0.25, 0.3) is 0 Å². The molecule has 3 atom stereocenters. The monoisotopic (exact) mass is 278 g/mol. The van der Waals surface area contributed by atoms with Gasteiger partial charge in [-0.2, -0.15) is 0 Å². The Balaban J connectivity index is 2.81. The van der Waals surface area contributed by atoms with Gasteiger partial charge in [-0.15, -0.1) is 0 Å². The van der Waals surface area contributed by atoms with Crippen LogP contribution in [0.2, 0.25) is 0 Å². The molecule has 0 bridgehead atoms. The summed E-state index contributed by atoms with van der Waals surface area (Å²) in [6.07, 6.45) is -0.176. The molecule has 0 aliphatic rings. The summed E-state index contributed by atoms with van der Waals surface area (Å²) in [7, 11) is 0. The first-order valence-electron chi connectivity index (χ1n) is 7.22. The number of hydrogen-bond acceptors (Lipinski definition) is 3. The molecular formula is C17H26O3. The van der Waals surface area contributed by atoms with E-state index in [9.17, 15) is 9.90 Å². The van der Waals surface area contributed by atoms with Crippen LogP contribution in [0.4, 0.5) is 0 Å². The molecule has 20 heavy (non-hydrogen) atoms. The molecule has 3 nitrogen and oxygen atoms in total. The van der Waals surface area contributed by atoms with E-state index in [1.807, 2.05) is 65.0 Å². The molecule has 1 N–H and O–H groups in total. The third-order valence-corrected chi connectivity index (χ3v) is 3.40. The fourth-order valence-electron chi connectivity index (χ4n) is 2.23. The van der Waals surface area contributed by atoms with E-state index in [2.05, 4.69) is 0 Å². The first-order chi connectivity index (χ1) is 9.26. The number of ether oxygens (including phenoxy) is 1. The van der Waals surface area contributed by atoms with E-state index in [1.165, 1.54) is 0 Å². The fourth-order valence-corrected chi connectivity index (χ4v) is 2.23. The Labute approximate surface area is 122 Å². The molecular weight excluding hydrogens is 252 g/mol. The zero-order chi connectivity index (χ0) is 15.3. The van der Waals surface area contributed by atoms with Crippen molar-refractivity contribution in [2.45, 2.75) is 58.7 Å². The summed E-state index contributed by atoms with van der Waals surface area (Å²) >= 11 is 0. The maximum absolute atomic E-state index is 12.2. The Bertz CT molecular complexity index is 420. The Morgan fingerprint density at radius 3 is 2.25 bits per heavy atom. The molecule has 0 unspecified atom stereocenters. The van der Waals surface area contributed by atoms with Gasteiger partial charge in [0, 0.05) is 5.92 Å². The molecule has 0 spiro atoms. The van der Waals surface area contributed by atoms with Gasteiger partial charge in [-0.1, -0.05) is 44.2 Å². The molecule has 3 heteroatoms. The Kier molecular flexibility index (Phi) is 5.75. The van der Waals surface area contributed by atoms with Gasteiger partial charge in [0.15, 0.2) is 0 Å². The number of esters is 1. The van der Waals surface area contributed by atoms with Gasteiger partial charge in [-0.25, -0.2) is 0 Å². The van der Waals surface area contributed by atoms with Crippen LogP contribution in [0.25, 0.3) is 0 Å². The van der Waals surface area contributed by atoms with Crippen LogP contribution >= 0.6 is 0 Å². The predicted molar refractivity (Wildman–Crippen MR) is 80.5 cm³/mol.